The van der Waals surface area contributed by atoms with Crippen LogP contribution < -0.4 is 19.6 Å². The molecule has 2 heterocycles. The second-order valence-electron chi connectivity index (χ2n) is 10.0. The zero-order valence-corrected chi connectivity index (χ0v) is 26.7. The molecule has 222 valence electrons. The summed E-state index contributed by atoms with van der Waals surface area (Å²) in [5.74, 6) is 0.0325. The van der Waals surface area contributed by atoms with Crippen LogP contribution in [0.2, 0.25) is 15.1 Å². The average molecular weight is 664 g/mol. The average Bonchev–Trinajstić information content (AvgIpc) is 3.31. The number of halogens is 3. The van der Waals surface area contributed by atoms with E-state index in [0.29, 0.717) is 41.4 Å². The molecule has 0 fully saturated rings. The summed E-state index contributed by atoms with van der Waals surface area (Å²) >= 11 is 20.4. The Hall–Kier alpha value is -3.88. The molecule has 6 rings (SSSR count). The van der Waals surface area contributed by atoms with Gasteiger partial charge in [-0.15, -0.1) is 0 Å². The van der Waals surface area contributed by atoms with Crippen molar-refractivity contribution < 1.29 is 14.3 Å². The number of carbonyl (C=O) groups is 1. The smallest absolute Gasteiger partial charge is 0.338 e. The van der Waals surface area contributed by atoms with E-state index in [9.17, 15) is 9.59 Å². The Balaban J connectivity index is 1.53. The van der Waals surface area contributed by atoms with E-state index in [0.717, 1.165) is 21.9 Å². The molecule has 0 aliphatic carbocycles. The van der Waals surface area contributed by atoms with Gasteiger partial charge in [-0.25, -0.2) is 9.79 Å². The van der Waals surface area contributed by atoms with E-state index < -0.39 is 12.0 Å². The summed E-state index contributed by atoms with van der Waals surface area (Å²) in [5, 5.41) is 3.36. The van der Waals surface area contributed by atoms with E-state index in [1.807, 2.05) is 54.6 Å². The highest BCUT2D eigenvalue weighted by Crippen LogP contribution is 2.35. The number of fused-ring (bicyclic) bond motifs is 2. The normalized spacial score (nSPS) is 14.8. The third kappa shape index (κ3) is 5.69. The van der Waals surface area contributed by atoms with E-state index in [-0.39, 0.29) is 24.3 Å². The van der Waals surface area contributed by atoms with Crippen LogP contribution in [0.15, 0.2) is 99.9 Å². The van der Waals surface area contributed by atoms with Crippen LogP contribution in [0.3, 0.4) is 0 Å². The lowest BCUT2D eigenvalue weighted by atomic mass is 9.96. The number of thiazole rings is 1. The minimum Gasteiger partial charge on any atom is -0.488 e. The number of benzene rings is 4. The molecule has 1 aliphatic rings. The van der Waals surface area contributed by atoms with Gasteiger partial charge in [0, 0.05) is 26.2 Å². The van der Waals surface area contributed by atoms with Crippen molar-refractivity contribution in [3.63, 3.8) is 0 Å². The summed E-state index contributed by atoms with van der Waals surface area (Å²) in [7, 11) is 0. The van der Waals surface area contributed by atoms with Crippen LogP contribution >= 0.6 is 46.1 Å². The largest absolute Gasteiger partial charge is 0.488 e. The van der Waals surface area contributed by atoms with Gasteiger partial charge < -0.3 is 9.47 Å². The molecular weight excluding hydrogens is 639 g/mol. The van der Waals surface area contributed by atoms with Crippen molar-refractivity contribution in [2.75, 3.05) is 6.61 Å². The maximum Gasteiger partial charge on any atom is 0.338 e. The number of rotatable bonds is 7. The molecule has 4 aromatic carbocycles. The summed E-state index contributed by atoms with van der Waals surface area (Å²) < 4.78 is 13.6. The maximum atomic E-state index is 14.2. The van der Waals surface area contributed by atoms with E-state index >= 15 is 0 Å². The number of aromatic nitrogens is 1. The number of carbonyl (C=O) groups excluding carboxylic acids is 1. The Morgan fingerprint density at radius 1 is 1.00 bits per heavy atom. The van der Waals surface area contributed by atoms with E-state index in [1.165, 1.54) is 15.9 Å². The molecule has 0 saturated carbocycles. The van der Waals surface area contributed by atoms with Gasteiger partial charge >= 0.3 is 5.97 Å². The molecule has 0 saturated heterocycles. The molecular formula is C34H25Cl3N2O4S. The monoisotopic (exact) mass is 662 g/mol. The summed E-state index contributed by atoms with van der Waals surface area (Å²) in [5.41, 5.74) is 2.54. The van der Waals surface area contributed by atoms with Gasteiger partial charge in [0.15, 0.2) is 4.80 Å². The maximum absolute atomic E-state index is 14.2. The lowest BCUT2D eigenvalue weighted by molar-refractivity contribution is -0.139. The predicted molar refractivity (Wildman–Crippen MR) is 177 cm³/mol. The molecule has 0 spiro atoms. The molecule has 6 nitrogen and oxygen atoms in total. The fourth-order valence-electron chi connectivity index (χ4n) is 5.26. The van der Waals surface area contributed by atoms with Crippen LogP contribution in [0.4, 0.5) is 0 Å². The summed E-state index contributed by atoms with van der Waals surface area (Å²) in [6.45, 7) is 3.86. The zero-order chi connectivity index (χ0) is 31.0. The van der Waals surface area contributed by atoms with Crippen molar-refractivity contribution in [3.8, 4) is 5.75 Å². The van der Waals surface area contributed by atoms with Crippen LogP contribution in [0.25, 0.3) is 16.8 Å². The van der Waals surface area contributed by atoms with Gasteiger partial charge in [-0.3, -0.25) is 9.36 Å². The number of hydrogen-bond donors (Lipinski definition) is 0. The summed E-state index contributed by atoms with van der Waals surface area (Å²) in [6, 6.07) is 23.3. The van der Waals surface area contributed by atoms with Gasteiger partial charge in [0.25, 0.3) is 5.56 Å². The van der Waals surface area contributed by atoms with Crippen LogP contribution in [-0.2, 0) is 16.1 Å². The molecule has 0 amide bonds. The van der Waals surface area contributed by atoms with Gasteiger partial charge in [-0.05, 0) is 60.5 Å². The minimum atomic E-state index is -0.809. The Bertz CT molecular complexity index is 2150. The van der Waals surface area contributed by atoms with Crippen molar-refractivity contribution in [2.24, 2.45) is 4.99 Å². The molecule has 0 N–H and O–H groups in total. The first-order chi connectivity index (χ1) is 21.3. The first-order valence-corrected chi connectivity index (χ1v) is 15.7. The van der Waals surface area contributed by atoms with Gasteiger partial charge in [0.2, 0.25) is 0 Å². The van der Waals surface area contributed by atoms with Crippen molar-refractivity contribution in [1.82, 2.24) is 4.57 Å². The van der Waals surface area contributed by atoms with Crippen LogP contribution in [0.5, 0.6) is 5.75 Å². The molecule has 5 aromatic rings. The third-order valence-corrected chi connectivity index (χ3v) is 9.24. The standard InChI is InChI=1S/C34H25Cl3N2O4S/c1-3-42-33(41)30-19(2)38-34-39(31(30)24-10-6-7-11-26(24)36)32(40)29(44-34)17-25-23-9-5-4-8-20(23)13-15-28(25)43-18-21-12-14-22(35)16-27(21)37/h4-17,31H,3,18H2,1-2H3/b29-17-/t31-/m1/s1. The fourth-order valence-corrected chi connectivity index (χ4v) is 6.99. The third-order valence-electron chi connectivity index (χ3n) is 7.32. The highest BCUT2D eigenvalue weighted by atomic mass is 35.5. The molecule has 44 heavy (non-hydrogen) atoms. The first-order valence-electron chi connectivity index (χ1n) is 13.8. The summed E-state index contributed by atoms with van der Waals surface area (Å²) in [4.78, 5) is 32.6. The van der Waals surface area contributed by atoms with E-state index in [4.69, 9.17) is 44.3 Å². The predicted octanol–water partition coefficient (Wildman–Crippen LogP) is 7.49. The molecule has 1 atom stereocenters. The SMILES string of the molecule is CCOC(=O)C1=C(C)N=c2s/c(=C\c3c(OCc4ccc(Cl)cc4Cl)ccc4ccccc34)c(=O)n2[C@@H]1c1ccccc1Cl. The summed E-state index contributed by atoms with van der Waals surface area (Å²) in [6.07, 6.45) is 1.82. The van der Waals surface area contributed by atoms with Crippen LogP contribution in [0.1, 0.15) is 36.6 Å². The second kappa shape index (κ2) is 12.6. The number of nitrogens with zero attached hydrogens (tertiary/aromatic N) is 2. The molecule has 1 aromatic heterocycles. The van der Waals surface area contributed by atoms with Crippen molar-refractivity contribution in [1.29, 1.82) is 0 Å². The van der Waals surface area contributed by atoms with Crippen LogP contribution in [-0.4, -0.2) is 17.1 Å². The zero-order valence-electron chi connectivity index (χ0n) is 23.6. The highest BCUT2D eigenvalue weighted by molar-refractivity contribution is 7.07. The van der Waals surface area contributed by atoms with Gasteiger partial charge in [-0.1, -0.05) is 101 Å². The molecule has 1 aliphatic heterocycles. The lowest BCUT2D eigenvalue weighted by Crippen LogP contribution is -2.40. The first kappa shape index (κ1) is 30.2. The van der Waals surface area contributed by atoms with E-state index in [2.05, 4.69) is 4.99 Å². The van der Waals surface area contributed by atoms with E-state index in [1.54, 1.807) is 44.2 Å². The lowest BCUT2D eigenvalue weighted by Gasteiger charge is -2.25. The molecule has 10 heteroatoms. The van der Waals surface area contributed by atoms with Gasteiger partial charge in [0.05, 0.1) is 22.4 Å². The minimum absolute atomic E-state index is 0.181. The van der Waals surface area contributed by atoms with Crippen molar-refractivity contribution in [2.45, 2.75) is 26.5 Å². The molecule has 0 radical (unpaired) electrons. The highest BCUT2D eigenvalue weighted by Gasteiger charge is 2.34. The van der Waals surface area contributed by atoms with Crippen LogP contribution in [0, 0.1) is 0 Å². The number of hydrogen-bond acceptors (Lipinski definition) is 6. The fraction of sp³-hybridized carbons (Fsp3) is 0.147. The van der Waals surface area contributed by atoms with Gasteiger partial charge in [-0.2, -0.15) is 0 Å². The Morgan fingerprint density at radius 2 is 1.77 bits per heavy atom. The second-order valence-corrected chi connectivity index (χ2v) is 12.3. The topological polar surface area (TPSA) is 69.9 Å². The molecule has 0 unspecified atom stereocenters. The van der Waals surface area contributed by atoms with Gasteiger partial charge in [0.1, 0.15) is 18.4 Å². The van der Waals surface area contributed by atoms with Crippen molar-refractivity contribution in [3.05, 3.63) is 142 Å². The number of ether oxygens (including phenoxy) is 2. The number of esters is 1. The number of allylic oxidation sites excluding steroid dienone is 1. The Kier molecular flexibility index (Phi) is 8.65. The molecule has 0 bridgehead atoms. The Labute approximate surface area is 272 Å². The quantitative estimate of drug-likeness (QED) is 0.169. The van der Waals surface area contributed by atoms with Crippen molar-refractivity contribution >= 4 is 69.0 Å². The Morgan fingerprint density at radius 3 is 2.55 bits per heavy atom.